The fourth-order valence-corrected chi connectivity index (χ4v) is 0.744. The van der Waals surface area contributed by atoms with Gasteiger partial charge in [0.15, 0.2) is 0 Å². The Morgan fingerprint density at radius 2 is 1.40 bits per heavy atom. The molecule has 0 aromatic heterocycles. The summed E-state index contributed by atoms with van der Waals surface area (Å²) in [6.45, 7) is 1.82. The molecule has 0 aromatic rings. The molecule has 0 bridgehead atoms. The average molecular weight is 138 g/mol. The second-order valence-electron chi connectivity index (χ2n) is 2.67. The zero-order valence-corrected chi connectivity index (χ0v) is 5.80. The molecule has 2 nitrogen and oxygen atoms in total. The normalized spacial score (nSPS) is 34.4. The summed E-state index contributed by atoms with van der Waals surface area (Å²) in [6, 6.07) is 0. The average Bonchev–Trinajstić information content (AvgIpc) is 2.77. The highest BCUT2D eigenvalue weighted by Gasteiger charge is 2.21. The largest absolute Gasteiger partial charge is 0.372 e. The molecule has 0 aromatic carbocycles. The third-order valence-corrected chi connectivity index (χ3v) is 1.59. The Balaban J connectivity index is 1.58. The van der Waals surface area contributed by atoms with Crippen molar-refractivity contribution in [2.75, 3.05) is 13.2 Å². The van der Waals surface area contributed by atoms with Crippen LogP contribution in [0.25, 0.3) is 0 Å². The Bertz CT molecular complexity index is 151. The summed E-state index contributed by atoms with van der Waals surface area (Å²) < 4.78 is 9.99. The summed E-state index contributed by atoms with van der Waals surface area (Å²) in [7, 11) is 0. The first-order valence-corrected chi connectivity index (χ1v) is 3.64. The van der Waals surface area contributed by atoms with Crippen molar-refractivity contribution in [3.8, 4) is 11.8 Å². The molecular weight excluding hydrogens is 128 g/mol. The molecule has 0 spiro atoms. The van der Waals surface area contributed by atoms with Gasteiger partial charge in [-0.3, -0.25) is 0 Å². The monoisotopic (exact) mass is 138 g/mol. The maximum absolute atomic E-state index is 5.00. The van der Waals surface area contributed by atoms with Gasteiger partial charge in [0.25, 0.3) is 0 Å². The van der Waals surface area contributed by atoms with E-state index < -0.39 is 0 Å². The van der Waals surface area contributed by atoms with Gasteiger partial charge in [-0.2, -0.15) is 0 Å². The summed E-state index contributed by atoms with van der Waals surface area (Å²) in [5.41, 5.74) is 0. The lowest BCUT2D eigenvalue weighted by atomic mass is 10.3. The van der Waals surface area contributed by atoms with Crippen LogP contribution in [0.15, 0.2) is 0 Å². The molecule has 2 heteroatoms. The van der Waals surface area contributed by atoms with Crippen LogP contribution in [0.2, 0.25) is 0 Å². The Labute approximate surface area is 60.5 Å². The van der Waals surface area contributed by atoms with Crippen LogP contribution in [0, 0.1) is 11.8 Å². The van der Waals surface area contributed by atoms with Crippen molar-refractivity contribution in [2.45, 2.75) is 25.0 Å². The molecular formula is C8H10O2. The lowest BCUT2D eigenvalue weighted by molar-refractivity contribution is 0.410. The molecule has 0 amide bonds. The molecule has 54 valence electrons. The second kappa shape index (κ2) is 2.61. The molecule has 0 N–H and O–H groups in total. The van der Waals surface area contributed by atoms with Gasteiger partial charge in [0, 0.05) is 12.8 Å². The molecule has 2 rings (SSSR count). The smallest absolute Gasteiger partial charge is 0.0918 e. The van der Waals surface area contributed by atoms with Crippen LogP contribution in [-0.2, 0) is 9.47 Å². The zero-order valence-electron chi connectivity index (χ0n) is 5.80. The minimum Gasteiger partial charge on any atom is -0.372 e. The van der Waals surface area contributed by atoms with Crippen molar-refractivity contribution in [3.63, 3.8) is 0 Å². The highest BCUT2D eigenvalue weighted by atomic mass is 16.6. The van der Waals surface area contributed by atoms with Gasteiger partial charge in [-0.05, 0) is 0 Å². The minimum atomic E-state index is 0.452. The van der Waals surface area contributed by atoms with Crippen molar-refractivity contribution in [2.24, 2.45) is 0 Å². The third-order valence-electron chi connectivity index (χ3n) is 1.59. The van der Waals surface area contributed by atoms with Crippen LogP contribution in [0.3, 0.4) is 0 Å². The van der Waals surface area contributed by atoms with Gasteiger partial charge in [-0.15, -0.1) is 11.8 Å². The first-order valence-electron chi connectivity index (χ1n) is 3.64. The molecule has 2 saturated heterocycles. The molecule has 2 heterocycles. The number of ether oxygens (including phenoxy) is 2. The third kappa shape index (κ3) is 2.02. The van der Waals surface area contributed by atoms with Crippen LogP contribution in [-0.4, -0.2) is 25.4 Å². The molecule has 2 atom stereocenters. The first-order chi connectivity index (χ1) is 4.95. The zero-order chi connectivity index (χ0) is 6.81. The molecule has 10 heavy (non-hydrogen) atoms. The molecule has 2 aliphatic rings. The van der Waals surface area contributed by atoms with Crippen molar-refractivity contribution in [1.29, 1.82) is 0 Å². The van der Waals surface area contributed by atoms with Crippen LogP contribution in [0.5, 0.6) is 0 Å². The Morgan fingerprint density at radius 3 is 1.70 bits per heavy atom. The van der Waals surface area contributed by atoms with Gasteiger partial charge in [-0.25, -0.2) is 0 Å². The Hall–Kier alpha value is -0.520. The Morgan fingerprint density at radius 1 is 1.00 bits per heavy atom. The standard InChI is InChI=1S/C8H10O2/c1(3-7-5-9-7)2-4-8-6-10-8/h7-8H,3-6H2. The highest BCUT2D eigenvalue weighted by Crippen LogP contribution is 2.13. The van der Waals surface area contributed by atoms with Gasteiger partial charge in [0.1, 0.15) is 0 Å². The van der Waals surface area contributed by atoms with Gasteiger partial charge in [-0.1, -0.05) is 0 Å². The van der Waals surface area contributed by atoms with Gasteiger partial charge < -0.3 is 9.47 Å². The van der Waals surface area contributed by atoms with Crippen LogP contribution in [0.1, 0.15) is 12.8 Å². The van der Waals surface area contributed by atoms with Gasteiger partial charge >= 0.3 is 0 Å². The lowest BCUT2D eigenvalue weighted by Crippen LogP contribution is -1.82. The van der Waals surface area contributed by atoms with Crippen LogP contribution < -0.4 is 0 Å². The predicted molar refractivity (Wildman–Crippen MR) is 36.5 cm³/mol. The maximum Gasteiger partial charge on any atom is 0.0918 e. The van der Waals surface area contributed by atoms with Crippen LogP contribution in [0.4, 0.5) is 0 Å². The van der Waals surface area contributed by atoms with Gasteiger partial charge in [0.2, 0.25) is 0 Å². The Kier molecular flexibility index (Phi) is 1.62. The summed E-state index contributed by atoms with van der Waals surface area (Å²) in [4.78, 5) is 0. The maximum atomic E-state index is 5.00. The van der Waals surface area contributed by atoms with Crippen molar-refractivity contribution >= 4 is 0 Å². The van der Waals surface area contributed by atoms with E-state index in [0.29, 0.717) is 12.2 Å². The van der Waals surface area contributed by atoms with Crippen molar-refractivity contribution in [3.05, 3.63) is 0 Å². The molecule has 0 aliphatic carbocycles. The van der Waals surface area contributed by atoms with E-state index in [-0.39, 0.29) is 0 Å². The van der Waals surface area contributed by atoms with E-state index in [2.05, 4.69) is 11.8 Å². The van der Waals surface area contributed by atoms with E-state index in [0.717, 1.165) is 26.1 Å². The fraction of sp³-hybridized carbons (Fsp3) is 0.750. The quantitative estimate of drug-likeness (QED) is 0.411. The summed E-state index contributed by atoms with van der Waals surface area (Å²) in [5.74, 6) is 6.13. The topological polar surface area (TPSA) is 25.1 Å². The van der Waals surface area contributed by atoms with Crippen molar-refractivity contribution in [1.82, 2.24) is 0 Å². The minimum absolute atomic E-state index is 0.452. The molecule has 0 saturated carbocycles. The molecule has 2 unspecified atom stereocenters. The summed E-state index contributed by atoms with van der Waals surface area (Å²) in [6.07, 6.45) is 2.72. The second-order valence-corrected chi connectivity index (χ2v) is 2.67. The van der Waals surface area contributed by atoms with E-state index in [4.69, 9.17) is 9.47 Å². The van der Waals surface area contributed by atoms with Gasteiger partial charge in [0.05, 0.1) is 25.4 Å². The highest BCUT2D eigenvalue weighted by molar-refractivity contribution is 5.04. The summed E-state index contributed by atoms with van der Waals surface area (Å²) >= 11 is 0. The van der Waals surface area contributed by atoms with E-state index >= 15 is 0 Å². The number of hydrogen-bond donors (Lipinski definition) is 0. The number of hydrogen-bond acceptors (Lipinski definition) is 2. The van der Waals surface area contributed by atoms with Crippen LogP contribution >= 0.6 is 0 Å². The van der Waals surface area contributed by atoms with E-state index in [1.165, 1.54) is 0 Å². The van der Waals surface area contributed by atoms with E-state index in [9.17, 15) is 0 Å². The lowest BCUT2D eigenvalue weighted by Gasteiger charge is -1.78. The summed E-state index contributed by atoms with van der Waals surface area (Å²) in [5, 5.41) is 0. The molecule has 2 aliphatic heterocycles. The number of rotatable bonds is 2. The van der Waals surface area contributed by atoms with Crippen molar-refractivity contribution < 1.29 is 9.47 Å². The SMILES string of the molecule is C(#CCC1CO1)CC1CO1. The fourth-order valence-electron chi connectivity index (χ4n) is 0.744. The molecule has 0 radical (unpaired) electrons. The number of epoxide rings is 2. The molecule has 2 fully saturated rings. The predicted octanol–water partition coefficient (Wildman–Crippen LogP) is 0.568. The van der Waals surface area contributed by atoms with E-state index in [1.807, 2.05) is 0 Å². The van der Waals surface area contributed by atoms with E-state index in [1.54, 1.807) is 0 Å². The first kappa shape index (κ1) is 6.21.